The number of aryl methyl sites for hydroxylation is 1. The van der Waals surface area contributed by atoms with Crippen LogP contribution in [-0.4, -0.2) is 27.5 Å². The van der Waals surface area contributed by atoms with Crippen molar-refractivity contribution >= 4 is 18.7 Å². The first kappa shape index (κ1) is 22.4. The molecule has 3 rings (SSSR count). The zero-order valence-electron chi connectivity index (χ0n) is 16.6. The molecule has 3 N–H and O–H groups in total. The number of rotatable bonds is 10. The van der Waals surface area contributed by atoms with Crippen molar-refractivity contribution in [1.82, 2.24) is 15.0 Å². The number of unbranched alkanes of at least 4 members (excludes halogenated alkanes) is 5. The number of halogens is 1. The van der Waals surface area contributed by atoms with Crippen molar-refractivity contribution < 1.29 is 4.52 Å². The Labute approximate surface area is 173 Å². The molecule has 2 unspecified atom stereocenters. The van der Waals surface area contributed by atoms with Gasteiger partial charge in [0.1, 0.15) is 6.04 Å². The van der Waals surface area contributed by atoms with Crippen LogP contribution in [0.2, 0.25) is 0 Å². The van der Waals surface area contributed by atoms with E-state index in [0.717, 1.165) is 24.8 Å². The molecule has 1 aromatic carbocycles. The Hall–Kier alpha value is -1.92. The Bertz CT molecular complexity index is 718. The van der Waals surface area contributed by atoms with Gasteiger partial charge in [-0.3, -0.25) is 5.41 Å². The van der Waals surface area contributed by atoms with E-state index >= 15 is 0 Å². The van der Waals surface area contributed by atoms with Gasteiger partial charge in [-0.05, 0) is 31.2 Å². The van der Waals surface area contributed by atoms with Crippen LogP contribution in [0.3, 0.4) is 0 Å². The largest absolute Gasteiger partial charge is 0.337 e. The van der Waals surface area contributed by atoms with Crippen molar-refractivity contribution in [3.63, 3.8) is 0 Å². The summed E-state index contributed by atoms with van der Waals surface area (Å²) in [4.78, 5) is 6.33. The molecule has 2 atom stereocenters. The lowest BCUT2D eigenvalue weighted by Gasteiger charge is -2.22. The Morgan fingerprint density at radius 1 is 1.14 bits per heavy atom. The number of hydrogen-bond donors (Lipinski definition) is 2. The van der Waals surface area contributed by atoms with E-state index < -0.39 is 0 Å². The van der Waals surface area contributed by atoms with Crippen LogP contribution in [0, 0.1) is 5.41 Å². The highest BCUT2D eigenvalue weighted by atomic mass is 35.5. The van der Waals surface area contributed by atoms with Crippen LogP contribution in [0.1, 0.15) is 75.8 Å². The molecule has 154 valence electrons. The maximum absolute atomic E-state index is 7.54. The molecule has 1 aliphatic heterocycles. The fourth-order valence-corrected chi connectivity index (χ4v) is 3.71. The van der Waals surface area contributed by atoms with Crippen LogP contribution in [0.5, 0.6) is 0 Å². The minimum absolute atomic E-state index is 0. The minimum Gasteiger partial charge on any atom is -0.337 e. The van der Waals surface area contributed by atoms with Gasteiger partial charge in [0, 0.05) is 5.56 Å². The van der Waals surface area contributed by atoms with Crippen molar-refractivity contribution in [2.75, 3.05) is 0 Å². The Kier molecular flexibility index (Phi) is 8.93. The molecule has 0 amide bonds. The molecule has 2 heterocycles. The number of aromatic nitrogens is 2. The van der Waals surface area contributed by atoms with Gasteiger partial charge in [0.05, 0.1) is 12.5 Å². The Balaban J connectivity index is 0.00000280. The summed E-state index contributed by atoms with van der Waals surface area (Å²) in [6.45, 7) is 2.25. The molecule has 0 saturated carbocycles. The molecule has 6 nitrogen and oxygen atoms in total. The van der Waals surface area contributed by atoms with Crippen molar-refractivity contribution in [1.29, 1.82) is 5.41 Å². The summed E-state index contributed by atoms with van der Waals surface area (Å²) in [5.41, 5.74) is 8.33. The second kappa shape index (κ2) is 11.2. The van der Waals surface area contributed by atoms with E-state index in [1.165, 1.54) is 50.4 Å². The lowest BCUT2D eigenvalue weighted by atomic mass is 10.0. The molecule has 1 aliphatic rings. The van der Waals surface area contributed by atoms with Gasteiger partial charge in [0.15, 0.2) is 0 Å². The molecular formula is C21H32ClN5O. The first-order chi connectivity index (χ1) is 13.2. The standard InChI is InChI=1S/C21H31N5O.ClH/c1-2-3-4-5-6-7-8-16-9-11-17(12-10-16)20-24-21(27-25-20)18-13-14-19(23)26(18)15-22;/h9-12,15,18-19,22H,2-8,13-14,23H2,1H3;1H. The van der Waals surface area contributed by atoms with Gasteiger partial charge in [-0.1, -0.05) is 68.4 Å². The molecule has 0 spiro atoms. The smallest absolute Gasteiger partial charge is 0.249 e. The van der Waals surface area contributed by atoms with E-state index in [9.17, 15) is 0 Å². The number of nitrogens with one attached hydrogen (secondary N) is 1. The molecular weight excluding hydrogens is 374 g/mol. The van der Waals surface area contributed by atoms with Crippen LogP contribution in [0.25, 0.3) is 11.4 Å². The number of nitrogens with two attached hydrogens (primary N) is 1. The summed E-state index contributed by atoms with van der Waals surface area (Å²) in [6.07, 6.45) is 11.8. The summed E-state index contributed by atoms with van der Waals surface area (Å²) in [6, 6.07) is 8.36. The molecule has 0 aliphatic carbocycles. The molecule has 1 saturated heterocycles. The average Bonchev–Trinajstić information content (AvgIpc) is 3.31. The third kappa shape index (κ3) is 5.55. The van der Waals surface area contributed by atoms with Gasteiger partial charge in [-0.25, -0.2) is 0 Å². The highest BCUT2D eigenvalue weighted by molar-refractivity contribution is 5.85. The van der Waals surface area contributed by atoms with Crippen LogP contribution in [0.4, 0.5) is 0 Å². The van der Waals surface area contributed by atoms with Gasteiger partial charge in [-0.15, -0.1) is 12.4 Å². The monoisotopic (exact) mass is 405 g/mol. The van der Waals surface area contributed by atoms with Gasteiger partial charge in [-0.2, -0.15) is 4.98 Å². The number of likely N-dealkylation sites (tertiary alicyclic amines) is 1. The van der Waals surface area contributed by atoms with Crippen molar-refractivity contribution in [3.8, 4) is 11.4 Å². The van der Waals surface area contributed by atoms with E-state index in [0.29, 0.717) is 11.7 Å². The molecule has 0 radical (unpaired) electrons. The van der Waals surface area contributed by atoms with Crippen molar-refractivity contribution in [3.05, 3.63) is 35.7 Å². The summed E-state index contributed by atoms with van der Waals surface area (Å²) >= 11 is 0. The molecule has 28 heavy (non-hydrogen) atoms. The molecule has 1 fully saturated rings. The predicted octanol–water partition coefficient (Wildman–Crippen LogP) is 5.09. The zero-order chi connectivity index (χ0) is 19.1. The van der Waals surface area contributed by atoms with Crippen molar-refractivity contribution in [2.24, 2.45) is 5.73 Å². The second-order valence-electron chi connectivity index (χ2n) is 7.41. The first-order valence-electron chi connectivity index (χ1n) is 10.2. The maximum atomic E-state index is 7.54. The highest BCUT2D eigenvalue weighted by Gasteiger charge is 2.34. The van der Waals surface area contributed by atoms with Gasteiger partial charge < -0.3 is 15.2 Å². The Morgan fingerprint density at radius 2 is 1.86 bits per heavy atom. The quantitative estimate of drug-likeness (QED) is 0.326. The van der Waals surface area contributed by atoms with Crippen LogP contribution < -0.4 is 5.73 Å². The normalized spacial score (nSPS) is 18.9. The molecule has 1 aromatic heterocycles. The summed E-state index contributed by atoms with van der Waals surface area (Å²) < 4.78 is 5.46. The third-order valence-corrected chi connectivity index (χ3v) is 5.39. The van der Waals surface area contributed by atoms with Crippen LogP contribution in [0.15, 0.2) is 28.8 Å². The first-order valence-corrected chi connectivity index (χ1v) is 10.2. The van der Waals surface area contributed by atoms with Crippen LogP contribution >= 0.6 is 12.4 Å². The van der Waals surface area contributed by atoms with E-state index in [2.05, 4.69) is 41.3 Å². The van der Waals surface area contributed by atoms with E-state index in [-0.39, 0.29) is 24.6 Å². The Morgan fingerprint density at radius 3 is 2.57 bits per heavy atom. The average molecular weight is 406 g/mol. The summed E-state index contributed by atoms with van der Waals surface area (Å²) in [5, 5.41) is 11.7. The lowest BCUT2D eigenvalue weighted by molar-refractivity contribution is 0.260. The maximum Gasteiger partial charge on any atom is 0.249 e. The van der Waals surface area contributed by atoms with Gasteiger partial charge in [0.25, 0.3) is 0 Å². The topological polar surface area (TPSA) is 92.0 Å². The summed E-state index contributed by atoms with van der Waals surface area (Å²) in [7, 11) is 0. The lowest BCUT2D eigenvalue weighted by Crippen LogP contribution is -2.36. The highest BCUT2D eigenvalue weighted by Crippen LogP contribution is 2.33. The van der Waals surface area contributed by atoms with E-state index in [1.54, 1.807) is 4.90 Å². The molecule has 7 heteroatoms. The fourth-order valence-electron chi connectivity index (χ4n) is 3.71. The fraction of sp³-hybridized carbons (Fsp3) is 0.571. The predicted molar refractivity (Wildman–Crippen MR) is 115 cm³/mol. The number of hydrogen-bond acceptors (Lipinski definition) is 5. The van der Waals surface area contributed by atoms with Gasteiger partial charge in [0.2, 0.25) is 11.7 Å². The van der Waals surface area contributed by atoms with Crippen molar-refractivity contribution in [2.45, 2.75) is 76.9 Å². The SMILES string of the molecule is CCCCCCCCc1ccc(-c2noc(C3CCC(N)N3C=N)n2)cc1.Cl. The van der Waals surface area contributed by atoms with Crippen LogP contribution in [-0.2, 0) is 6.42 Å². The van der Waals surface area contributed by atoms with Gasteiger partial charge >= 0.3 is 0 Å². The molecule has 0 bridgehead atoms. The van der Waals surface area contributed by atoms with E-state index in [1.807, 2.05) is 0 Å². The van der Waals surface area contributed by atoms with E-state index in [4.69, 9.17) is 15.7 Å². The zero-order valence-corrected chi connectivity index (χ0v) is 17.5. The number of nitrogens with zero attached hydrogens (tertiary/aromatic N) is 3. The number of benzene rings is 1. The second-order valence-corrected chi connectivity index (χ2v) is 7.41. The molecule has 2 aromatic rings. The third-order valence-electron chi connectivity index (χ3n) is 5.39. The summed E-state index contributed by atoms with van der Waals surface area (Å²) in [5.74, 6) is 1.14. The minimum atomic E-state index is -0.149.